The third kappa shape index (κ3) is 2.27. The average Bonchev–Trinajstić information content (AvgIpc) is 2.76. The Hall–Kier alpha value is -1.35. The monoisotopic (exact) mass is 258 g/mol. The SMILES string of the molecule is CC1CCCC(C(O)c2nn(C)c3ccccc23)C1. The summed E-state index contributed by atoms with van der Waals surface area (Å²) in [6.07, 6.45) is 4.34. The van der Waals surface area contributed by atoms with Crippen molar-refractivity contribution in [3.63, 3.8) is 0 Å². The van der Waals surface area contributed by atoms with Crippen LogP contribution < -0.4 is 0 Å². The Morgan fingerprint density at radius 1 is 1.32 bits per heavy atom. The zero-order valence-electron chi connectivity index (χ0n) is 11.7. The number of aryl methyl sites for hydroxylation is 1. The Labute approximate surface area is 114 Å². The molecule has 2 aromatic rings. The van der Waals surface area contributed by atoms with E-state index in [2.05, 4.69) is 24.2 Å². The topological polar surface area (TPSA) is 38.1 Å². The van der Waals surface area contributed by atoms with Crippen molar-refractivity contribution in [3.8, 4) is 0 Å². The second kappa shape index (κ2) is 4.97. The zero-order valence-corrected chi connectivity index (χ0v) is 11.7. The van der Waals surface area contributed by atoms with Gasteiger partial charge in [-0.15, -0.1) is 0 Å². The average molecular weight is 258 g/mol. The molecular weight excluding hydrogens is 236 g/mol. The molecule has 1 heterocycles. The smallest absolute Gasteiger partial charge is 0.101 e. The summed E-state index contributed by atoms with van der Waals surface area (Å²) in [5.41, 5.74) is 1.96. The van der Waals surface area contributed by atoms with Crippen molar-refractivity contribution in [2.75, 3.05) is 0 Å². The molecule has 3 rings (SSSR count). The minimum atomic E-state index is -0.422. The van der Waals surface area contributed by atoms with E-state index >= 15 is 0 Å². The van der Waals surface area contributed by atoms with Crippen LogP contribution in [0.5, 0.6) is 0 Å². The van der Waals surface area contributed by atoms with E-state index in [1.165, 1.54) is 12.8 Å². The molecule has 19 heavy (non-hydrogen) atoms. The number of nitrogens with zero attached hydrogens (tertiary/aromatic N) is 2. The maximum atomic E-state index is 10.7. The first-order chi connectivity index (χ1) is 9.16. The molecule has 3 unspecified atom stereocenters. The van der Waals surface area contributed by atoms with E-state index in [1.54, 1.807) is 0 Å². The summed E-state index contributed by atoms with van der Waals surface area (Å²) in [7, 11) is 1.95. The molecule has 0 amide bonds. The zero-order chi connectivity index (χ0) is 13.4. The molecule has 0 spiro atoms. The summed E-state index contributed by atoms with van der Waals surface area (Å²) in [6, 6.07) is 8.15. The number of fused-ring (bicyclic) bond motifs is 1. The van der Waals surface area contributed by atoms with Crippen LogP contribution in [0.15, 0.2) is 24.3 Å². The van der Waals surface area contributed by atoms with Gasteiger partial charge >= 0.3 is 0 Å². The number of rotatable bonds is 2. The molecule has 1 aliphatic rings. The van der Waals surface area contributed by atoms with Crippen LogP contribution in [0.4, 0.5) is 0 Å². The number of hydrogen-bond donors (Lipinski definition) is 1. The summed E-state index contributed by atoms with van der Waals surface area (Å²) in [5, 5.41) is 16.3. The van der Waals surface area contributed by atoms with Crippen LogP contribution in [0, 0.1) is 11.8 Å². The van der Waals surface area contributed by atoms with Crippen LogP contribution in [0.3, 0.4) is 0 Å². The van der Waals surface area contributed by atoms with Gasteiger partial charge in [-0.1, -0.05) is 38.0 Å². The molecule has 3 heteroatoms. The number of aromatic nitrogens is 2. The van der Waals surface area contributed by atoms with Gasteiger partial charge in [0.2, 0.25) is 0 Å². The number of para-hydroxylation sites is 1. The highest BCUT2D eigenvalue weighted by molar-refractivity contribution is 5.82. The minimum absolute atomic E-state index is 0.363. The van der Waals surface area contributed by atoms with Gasteiger partial charge in [0.1, 0.15) is 6.10 Å². The molecule has 1 saturated carbocycles. The molecule has 0 bridgehead atoms. The summed E-state index contributed by atoms with van der Waals surface area (Å²) in [6.45, 7) is 2.29. The van der Waals surface area contributed by atoms with Crippen molar-refractivity contribution in [1.82, 2.24) is 9.78 Å². The third-order valence-corrected chi connectivity index (χ3v) is 4.49. The van der Waals surface area contributed by atoms with E-state index in [-0.39, 0.29) is 0 Å². The number of aliphatic hydroxyl groups excluding tert-OH is 1. The number of aliphatic hydroxyl groups is 1. The lowest BCUT2D eigenvalue weighted by atomic mass is 9.78. The van der Waals surface area contributed by atoms with E-state index in [9.17, 15) is 5.11 Å². The van der Waals surface area contributed by atoms with Crippen molar-refractivity contribution in [3.05, 3.63) is 30.0 Å². The second-order valence-corrected chi connectivity index (χ2v) is 6.00. The van der Waals surface area contributed by atoms with E-state index in [0.717, 1.165) is 35.4 Å². The van der Waals surface area contributed by atoms with Crippen LogP contribution in [0.25, 0.3) is 10.9 Å². The van der Waals surface area contributed by atoms with E-state index in [4.69, 9.17) is 0 Å². The van der Waals surface area contributed by atoms with Crippen molar-refractivity contribution in [1.29, 1.82) is 0 Å². The van der Waals surface area contributed by atoms with E-state index in [0.29, 0.717) is 5.92 Å². The number of hydrogen-bond acceptors (Lipinski definition) is 2. The molecule has 102 valence electrons. The maximum absolute atomic E-state index is 10.7. The Bertz CT molecular complexity index is 575. The standard InChI is InChI=1S/C16H22N2O/c1-11-6-5-7-12(10-11)16(19)15-13-8-3-4-9-14(13)18(2)17-15/h3-4,8-9,11-12,16,19H,5-7,10H2,1-2H3. The van der Waals surface area contributed by atoms with Crippen LogP contribution in [0.1, 0.15) is 44.4 Å². The molecule has 1 N–H and O–H groups in total. The third-order valence-electron chi connectivity index (χ3n) is 4.49. The normalized spacial score (nSPS) is 25.6. The fourth-order valence-electron chi connectivity index (χ4n) is 3.45. The van der Waals surface area contributed by atoms with Crippen molar-refractivity contribution >= 4 is 10.9 Å². The van der Waals surface area contributed by atoms with Gasteiger partial charge in [-0.05, 0) is 30.7 Å². The van der Waals surface area contributed by atoms with Crippen LogP contribution in [-0.4, -0.2) is 14.9 Å². The Morgan fingerprint density at radius 2 is 2.11 bits per heavy atom. The fraction of sp³-hybridized carbons (Fsp3) is 0.562. The maximum Gasteiger partial charge on any atom is 0.101 e. The van der Waals surface area contributed by atoms with Crippen molar-refractivity contribution in [2.24, 2.45) is 18.9 Å². The lowest BCUT2D eigenvalue weighted by Gasteiger charge is -2.29. The van der Waals surface area contributed by atoms with Gasteiger partial charge in [-0.25, -0.2) is 0 Å². The first-order valence-corrected chi connectivity index (χ1v) is 7.26. The largest absolute Gasteiger partial charge is 0.386 e. The lowest BCUT2D eigenvalue weighted by molar-refractivity contribution is 0.0686. The van der Waals surface area contributed by atoms with Crippen LogP contribution in [-0.2, 0) is 7.05 Å². The molecule has 3 atom stereocenters. The highest BCUT2D eigenvalue weighted by Gasteiger charge is 2.29. The quantitative estimate of drug-likeness (QED) is 0.896. The molecule has 1 fully saturated rings. The highest BCUT2D eigenvalue weighted by Crippen LogP contribution is 2.38. The molecule has 0 aliphatic heterocycles. The molecule has 1 aromatic heterocycles. The molecule has 1 aliphatic carbocycles. The second-order valence-electron chi connectivity index (χ2n) is 6.00. The Morgan fingerprint density at radius 3 is 2.89 bits per heavy atom. The first-order valence-electron chi connectivity index (χ1n) is 7.26. The lowest BCUT2D eigenvalue weighted by Crippen LogP contribution is -2.20. The molecule has 3 nitrogen and oxygen atoms in total. The van der Waals surface area contributed by atoms with Crippen LogP contribution in [0.2, 0.25) is 0 Å². The van der Waals surface area contributed by atoms with Gasteiger partial charge in [0.05, 0.1) is 11.2 Å². The van der Waals surface area contributed by atoms with Gasteiger partial charge in [-0.3, -0.25) is 4.68 Å². The van der Waals surface area contributed by atoms with Gasteiger partial charge < -0.3 is 5.11 Å². The summed E-state index contributed by atoms with van der Waals surface area (Å²) in [5.74, 6) is 1.09. The number of benzene rings is 1. The summed E-state index contributed by atoms with van der Waals surface area (Å²) < 4.78 is 1.88. The van der Waals surface area contributed by atoms with Gasteiger partial charge in [0, 0.05) is 12.4 Å². The van der Waals surface area contributed by atoms with Crippen molar-refractivity contribution in [2.45, 2.75) is 38.7 Å². The van der Waals surface area contributed by atoms with Crippen molar-refractivity contribution < 1.29 is 5.11 Å². The fourth-order valence-corrected chi connectivity index (χ4v) is 3.45. The first kappa shape index (κ1) is 12.7. The predicted octanol–water partition coefficient (Wildman–Crippen LogP) is 3.43. The molecule has 0 radical (unpaired) electrons. The van der Waals surface area contributed by atoms with Gasteiger partial charge in [0.15, 0.2) is 0 Å². The molecule has 1 aromatic carbocycles. The molecular formula is C16H22N2O. The Balaban J connectivity index is 1.95. The summed E-state index contributed by atoms with van der Waals surface area (Å²) in [4.78, 5) is 0. The minimum Gasteiger partial charge on any atom is -0.386 e. The summed E-state index contributed by atoms with van der Waals surface area (Å²) >= 11 is 0. The molecule has 0 saturated heterocycles. The predicted molar refractivity (Wildman–Crippen MR) is 76.8 cm³/mol. The van der Waals surface area contributed by atoms with E-state index < -0.39 is 6.10 Å². The van der Waals surface area contributed by atoms with Gasteiger partial charge in [-0.2, -0.15) is 5.10 Å². The Kier molecular flexibility index (Phi) is 3.31. The van der Waals surface area contributed by atoms with Gasteiger partial charge in [0.25, 0.3) is 0 Å². The highest BCUT2D eigenvalue weighted by atomic mass is 16.3. The van der Waals surface area contributed by atoms with E-state index in [1.807, 2.05) is 23.9 Å². The van der Waals surface area contributed by atoms with Crippen LogP contribution >= 0.6 is 0 Å².